The van der Waals surface area contributed by atoms with Crippen LogP contribution >= 0.6 is 0 Å². The van der Waals surface area contributed by atoms with Gasteiger partial charge in [0.25, 0.3) is 5.56 Å². The molecular weight excluding hydrogens is 464 g/mol. The molecule has 0 amide bonds. The largest absolute Gasteiger partial charge is 0.497 e. The fourth-order valence-electron chi connectivity index (χ4n) is 3.63. The summed E-state index contributed by atoms with van der Waals surface area (Å²) in [4.78, 5) is 31.4. The van der Waals surface area contributed by atoms with Crippen LogP contribution in [0, 0.1) is 0 Å². The summed E-state index contributed by atoms with van der Waals surface area (Å²) in [6, 6.07) is 14.9. The van der Waals surface area contributed by atoms with Crippen molar-refractivity contribution in [2.24, 2.45) is 12.1 Å². The number of aryl methyl sites for hydroxylation is 2. The SMILES string of the molecule is CCc1ccc(OCC(O)Cn2c(N/N=C/c3ccc(OC)cc3)nc3c2c(=O)[nH]c(=O)n3C)cc1. The molecule has 0 aliphatic rings. The predicted molar refractivity (Wildman–Crippen MR) is 137 cm³/mol. The Balaban J connectivity index is 1.57. The number of anilines is 1. The molecule has 4 rings (SSSR count). The van der Waals surface area contributed by atoms with Gasteiger partial charge in [-0.1, -0.05) is 19.1 Å². The van der Waals surface area contributed by atoms with Gasteiger partial charge in [0.2, 0.25) is 5.95 Å². The van der Waals surface area contributed by atoms with Gasteiger partial charge in [-0.3, -0.25) is 14.3 Å². The Labute approximate surface area is 206 Å². The fraction of sp³-hybridized carbons (Fsp3) is 0.280. The molecule has 0 radical (unpaired) electrons. The number of ether oxygens (including phenoxy) is 2. The fourth-order valence-corrected chi connectivity index (χ4v) is 3.63. The summed E-state index contributed by atoms with van der Waals surface area (Å²) in [6.07, 6.45) is 1.52. The molecule has 2 aromatic heterocycles. The predicted octanol–water partition coefficient (Wildman–Crippen LogP) is 1.88. The Bertz CT molecular complexity index is 1470. The molecule has 0 aliphatic heterocycles. The van der Waals surface area contributed by atoms with Gasteiger partial charge in [0.15, 0.2) is 11.2 Å². The van der Waals surface area contributed by atoms with Crippen molar-refractivity contribution in [2.75, 3.05) is 19.1 Å². The van der Waals surface area contributed by atoms with Gasteiger partial charge in [-0.05, 0) is 53.9 Å². The van der Waals surface area contributed by atoms with Gasteiger partial charge in [0.1, 0.15) is 24.2 Å². The Morgan fingerprint density at radius 2 is 1.83 bits per heavy atom. The molecule has 0 spiro atoms. The third kappa shape index (κ3) is 5.47. The van der Waals surface area contributed by atoms with Gasteiger partial charge < -0.3 is 19.1 Å². The Kier molecular flexibility index (Phi) is 7.50. The summed E-state index contributed by atoms with van der Waals surface area (Å²) in [5.74, 6) is 1.54. The van der Waals surface area contributed by atoms with Crippen LogP contribution in [-0.4, -0.2) is 50.2 Å². The average molecular weight is 493 g/mol. The number of hydrazone groups is 1. The van der Waals surface area contributed by atoms with Crippen LogP contribution in [0.1, 0.15) is 18.1 Å². The van der Waals surface area contributed by atoms with E-state index >= 15 is 0 Å². The number of aromatic amines is 1. The number of fused-ring (bicyclic) bond motifs is 1. The summed E-state index contributed by atoms with van der Waals surface area (Å²) in [7, 11) is 3.09. The number of imidazole rings is 1. The molecule has 3 N–H and O–H groups in total. The first-order valence-electron chi connectivity index (χ1n) is 11.4. The van der Waals surface area contributed by atoms with Gasteiger partial charge in [0, 0.05) is 7.05 Å². The lowest BCUT2D eigenvalue weighted by Gasteiger charge is -2.15. The number of nitrogens with one attached hydrogen (secondary N) is 2. The Morgan fingerprint density at radius 3 is 2.50 bits per heavy atom. The molecule has 2 heterocycles. The number of hydrogen-bond acceptors (Lipinski definition) is 8. The smallest absolute Gasteiger partial charge is 0.329 e. The van der Waals surface area contributed by atoms with Crippen molar-refractivity contribution >= 4 is 23.3 Å². The molecule has 188 valence electrons. The highest BCUT2D eigenvalue weighted by Gasteiger charge is 2.20. The number of benzene rings is 2. The molecule has 0 saturated carbocycles. The first-order chi connectivity index (χ1) is 17.4. The van der Waals surface area contributed by atoms with E-state index in [1.54, 1.807) is 25.5 Å². The number of nitrogens with zero attached hydrogens (tertiary/aromatic N) is 4. The van der Waals surface area contributed by atoms with E-state index in [4.69, 9.17) is 9.47 Å². The number of aliphatic hydroxyl groups is 1. The van der Waals surface area contributed by atoms with Crippen molar-refractivity contribution in [1.29, 1.82) is 0 Å². The van der Waals surface area contributed by atoms with E-state index in [0.29, 0.717) is 5.75 Å². The van der Waals surface area contributed by atoms with E-state index in [0.717, 1.165) is 17.7 Å². The summed E-state index contributed by atoms with van der Waals surface area (Å²) >= 11 is 0. The van der Waals surface area contributed by atoms with Crippen molar-refractivity contribution in [3.63, 3.8) is 0 Å². The maximum absolute atomic E-state index is 12.6. The summed E-state index contributed by atoms with van der Waals surface area (Å²) in [5, 5.41) is 14.9. The van der Waals surface area contributed by atoms with Gasteiger partial charge in [-0.25, -0.2) is 10.2 Å². The average Bonchev–Trinajstić information content (AvgIpc) is 3.25. The maximum Gasteiger partial charge on any atom is 0.329 e. The maximum atomic E-state index is 12.6. The standard InChI is InChI=1S/C25H28N6O5/c1-4-16-5-11-20(12-6-16)36-15-18(32)14-31-21-22(30(2)25(34)28-23(21)33)27-24(31)29-26-13-17-7-9-19(35-3)10-8-17/h5-13,18,32H,4,14-15H2,1-3H3,(H,27,29)(H,28,33,34)/b26-13+. The zero-order valence-electron chi connectivity index (χ0n) is 20.3. The molecule has 4 aromatic rings. The molecule has 0 saturated heterocycles. The van der Waals surface area contributed by atoms with Crippen LogP contribution in [0.5, 0.6) is 11.5 Å². The number of aliphatic hydroxyl groups excluding tert-OH is 1. The van der Waals surface area contributed by atoms with Crippen LogP contribution in [0.2, 0.25) is 0 Å². The van der Waals surface area contributed by atoms with Crippen molar-refractivity contribution in [3.05, 3.63) is 80.5 Å². The molecule has 1 unspecified atom stereocenters. The molecule has 0 fully saturated rings. The van der Waals surface area contributed by atoms with E-state index in [2.05, 4.69) is 27.4 Å². The lowest BCUT2D eigenvalue weighted by molar-refractivity contribution is 0.0938. The molecule has 0 aliphatic carbocycles. The second-order valence-electron chi connectivity index (χ2n) is 8.14. The van der Waals surface area contributed by atoms with Gasteiger partial charge in [-0.15, -0.1) is 0 Å². The van der Waals surface area contributed by atoms with Crippen LogP contribution in [0.3, 0.4) is 0 Å². The van der Waals surface area contributed by atoms with Gasteiger partial charge in [-0.2, -0.15) is 10.1 Å². The lowest BCUT2D eigenvalue weighted by Crippen LogP contribution is -2.30. The zero-order chi connectivity index (χ0) is 25.7. The molecule has 36 heavy (non-hydrogen) atoms. The third-order valence-corrected chi connectivity index (χ3v) is 5.67. The highest BCUT2D eigenvalue weighted by atomic mass is 16.5. The highest BCUT2D eigenvalue weighted by Crippen LogP contribution is 2.18. The highest BCUT2D eigenvalue weighted by molar-refractivity contribution is 5.80. The summed E-state index contributed by atoms with van der Waals surface area (Å²) < 4.78 is 13.6. The van der Waals surface area contributed by atoms with Crippen LogP contribution in [-0.2, 0) is 20.0 Å². The topological polar surface area (TPSA) is 136 Å². The minimum absolute atomic E-state index is 0.0105. The number of H-pyrrole nitrogens is 1. The summed E-state index contributed by atoms with van der Waals surface area (Å²) in [5.41, 5.74) is 3.89. The van der Waals surface area contributed by atoms with Crippen molar-refractivity contribution in [2.45, 2.75) is 26.0 Å². The molecule has 0 bridgehead atoms. The zero-order valence-corrected chi connectivity index (χ0v) is 20.3. The van der Waals surface area contributed by atoms with Gasteiger partial charge >= 0.3 is 5.69 Å². The number of rotatable bonds is 10. The van der Waals surface area contributed by atoms with Gasteiger partial charge in [0.05, 0.1) is 19.9 Å². The molecular formula is C25H28N6O5. The Hall–Kier alpha value is -4.38. The molecule has 11 nitrogen and oxygen atoms in total. The first kappa shape index (κ1) is 24.7. The van der Waals surface area contributed by atoms with E-state index < -0.39 is 17.4 Å². The van der Waals surface area contributed by atoms with E-state index in [-0.39, 0.29) is 30.3 Å². The normalized spacial score (nSPS) is 12.2. The van der Waals surface area contributed by atoms with Crippen molar-refractivity contribution < 1.29 is 14.6 Å². The number of hydrogen-bond donors (Lipinski definition) is 3. The third-order valence-electron chi connectivity index (χ3n) is 5.67. The minimum Gasteiger partial charge on any atom is -0.497 e. The van der Waals surface area contributed by atoms with E-state index in [9.17, 15) is 14.7 Å². The number of aromatic nitrogens is 4. The van der Waals surface area contributed by atoms with Crippen molar-refractivity contribution in [3.8, 4) is 11.5 Å². The second kappa shape index (κ2) is 10.9. The lowest BCUT2D eigenvalue weighted by atomic mass is 10.2. The van der Waals surface area contributed by atoms with E-state index in [1.165, 1.54) is 21.7 Å². The summed E-state index contributed by atoms with van der Waals surface area (Å²) in [6.45, 7) is 2.04. The van der Waals surface area contributed by atoms with Crippen molar-refractivity contribution in [1.82, 2.24) is 19.1 Å². The Morgan fingerprint density at radius 1 is 1.14 bits per heavy atom. The van der Waals surface area contributed by atoms with Crippen LogP contribution < -0.4 is 26.1 Å². The number of methoxy groups -OCH3 is 1. The quantitative estimate of drug-likeness (QED) is 0.227. The second-order valence-corrected chi connectivity index (χ2v) is 8.14. The molecule has 1 atom stereocenters. The minimum atomic E-state index is -0.976. The van der Waals surface area contributed by atoms with Crippen LogP contribution in [0.25, 0.3) is 11.2 Å². The van der Waals surface area contributed by atoms with E-state index in [1.807, 2.05) is 36.4 Å². The first-order valence-corrected chi connectivity index (χ1v) is 11.4. The van der Waals surface area contributed by atoms with Crippen LogP contribution in [0.4, 0.5) is 5.95 Å². The monoisotopic (exact) mass is 492 g/mol. The molecule has 11 heteroatoms. The van der Waals surface area contributed by atoms with Crippen LogP contribution in [0.15, 0.2) is 63.2 Å². The molecule has 2 aromatic carbocycles.